The first-order valence-corrected chi connectivity index (χ1v) is 4.48. The molecule has 14 heavy (non-hydrogen) atoms. The smallest absolute Gasteiger partial charge is 0.129 e. The number of pyridine rings is 2. The van der Waals surface area contributed by atoms with Crippen LogP contribution in [0.2, 0.25) is 5.15 Å². The molecule has 2 rings (SSSR count). The molecule has 70 valence electrons. The molecule has 0 saturated heterocycles. The van der Waals surface area contributed by atoms with Crippen molar-refractivity contribution in [2.24, 2.45) is 0 Å². The van der Waals surface area contributed by atoms with Gasteiger partial charge in [0.2, 0.25) is 0 Å². The van der Waals surface area contributed by atoms with Gasteiger partial charge in [-0.25, -0.2) is 4.98 Å². The lowest BCUT2D eigenvalue weighted by Gasteiger charge is -2.00. The molecule has 2 heterocycles. The fourth-order valence-corrected chi connectivity index (χ4v) is 1.30. The summed E-state index contributed by atoms with van der Waals surface area (Å²) in [4.78, 5) is 8.28. The van der Waals surface area contributed by atoms with Crippen molar-refractivity contribution in [1.29, 1.82) is 0 Å². The third kappa shape index (κ3) is 1.83. The highest BCUT2D eigenvalue weighted by molar-refractivity contribution is 6.29. The van der Waals surface area contributed by atoms with E-state index in [0.29, 0.717) is 10.8 Å². The van der Waals surface area contributed by atoms with Crippen LogP contribution in [0.3, 0.4) is 0 Å². The predicted molar refractivity (Wildman–Crippen MR) is 56.9 cm³/mol. The topological polar surface area (TPSA) is 51.8 Å². The lowest BCUT2D eigenvalue weighted by Crippen LogP contribution is -1.90. The summed E-state index contributed by atoms with van der Waals surface area (Å²) in [6.45, 7) is 0. The minimum Gasteiger partial charge on any atom is -0.399 e. The van der Waals surface area contributed by atoms with Crippen LogP contribution in [0.25, 0.3) is 11.4 Å². The molecule has 0 unspecified atom stereocenters. The lowest BCUT2D eigenvalue weighted by atomic mass is 10.2. The van der Waals surface area contributed by atoms with Gasteiger partial charge < -0.3 is 5.73 Å². The highest BCUT2D eigenvalue weighted by Gasteiger charge is 2.01. The Bertz CT molecular complexity index is 413. The molecule has 4 heteroatoms. The van der Waals surface area contributed by atoms with E-state index in [0.717, 1.165) is 11.4 Å². The minimum atomic E-state index is 0.451. The summed E-state index contributed by atoms with van der Waals surface area (Å²) < 4.78 is 0. The quantitative estimate of drug-likeness (QED) is 0.728. The summed E-state index contributed by atoms with van der Waals surface area (Å²) in [6, 6.07) is 8.88. The van der Waals surface area contributed by atoms with Crippen molar-refractivity contribution >= 4 is 17.3 Å². The Labute approximate surface area is 86.6 Å². The fourth-order valence-electron chi connectivity index (χ4n) is 1.14. The number of halogens is 1. The van der Waals surface area contributed by atoms with E-state index in [2.05, 4.69) is 9.97 Å². The maximum absolute atomic E-state index is 5.76. The van der Waals surface area contributed by atoms with Gasteiger partial charge in [-0.2, -0.15) is 0 Å². The summed E-state index contributed by atoms with van der Waals surface area (Å²) in [5.41, 5.74) is 7.75. The first-order chi connectivity index (χ1) is 6.75. The van der Waals surface area contributed by atoms with E-state index >= 15 is 0 Å². The van der Waals surface area contributed by atoms with Crippen LogP contribution < -0.4 is 5.73 Å². The zero-order valence-corrected chi connectivity index (χ0v) is 8.07. The van der Waals surface area contributed by atoms with Crippen molar-refractivity contribution < 1.29 is 0 Å². The van der Waals surface area contributed by atoms with Crippen molar-refractivity contribution in [3.63, 3.8) is 0 Å². The zero-order chi connectivity index (χ0) is 9.97. The van der Waals surface area contributed by atoms with Crippen molar-refractivity contribution in [2.75, 3.05) is 5.73 Å². The summed E-state index contributed by atoms with van der Waals surface area (Å²) in [5.74, 6) is 0. The molecule has 0 amide bonds. The molecule has 3 nitrogen and oxygen atoms in total. The first-order valence-electron chi connectivity index (χ1n) is 4.10. The van der Waals surface area contributed by atoms with Gasteiger partial charge in [0.1, 0.15) is 5.15 Å². The lowest BCUT2D eigenvalue weighted by molar-refractivity contribution is 1.25. The van der Waals surface area contributed by atoms with Gasteiger partial charge in [0.05, 0.1) is 11.4 Å². The van der Waals surface area contributed by atoms with Crippen LogP contribution in [0, 0.1) is 0 Å². The molecule has 0 saturated carbocycles. The molecule has 0 fully saturated rings. The fraction of sp³-hybridized carbons (Fsp3) is 0. The molecular formula is C10H8ClN3. The van der Waals surface area contributed by atoms with Crippen LogP contribution >= 0.6 is 11.6 Å². The van der Waals surface area contributed by atoms with Gasteiger partial charge >= 0.3 is 0 Å². The van der Waals surface area contributed by atoms with Gasteiger partial charge in [-0.3, -0.25) is 4.98 Å². The molecule has 0 aliphatic carbocycles. The summed E-state index contributed by atoms with van der Waals surface area (Å²) in [6.07, 6.45) is 1.65. The second-order valence-electron chi connectivity index (χ2n) is 2.82. The highest BCUT2D eigenvalue weighted by atomic mass is 35.5. The van der Waals surface area contributed by atoms with Gasteiger partial charge in [-0.05, 0) is 24.3 Å². The number of hydrogen-bond acceptors (Lipinski definition) is 3. The number of nitrogen functional groups attached to an aromatic ring is 1. The number of nitrogens with zero attached hydrogens (tertiary/aromatic N) is 2. The SMILES string of the molecule is Nc1ccnc(-c2cccc(Cl)n2)c1. The molecule has 2 N–H and O–H groups in total. The Balaban J connectivity index is 2.49. The van der Waals surface area contributed by atoms with E-state index < -0.39 is 0 Å². The average Bonchev–Trinajstić information content (AvgIpc) is 2.18. The van der Waals surface area contributed by atoms with Gasteiger partial charge in [-0.1, -0.05) is 17.7 Å². The number of aromatic nitrogens is 2. The third-order valence-corrected chi connectivity index (χ3v) is 1.97. The Hall–Kier alpha value is -1.61. The minimum absolute atomic E-state index is 0.451. The molecule has 0 bridgehead atoms. The molecule has 2 aromatic heterocycles. The normalized spacial score (nSPS) is 10.1. The maximum Gasteiger partial charge on any atom is 0.129 e. The van der Waals surface area contributed by atoms with Crippen molar-refractivity contribution in [3.05, 3.63) is 41.7 Å². The summed E-state index contributed by atoms with van der Waals surface area (Å²) in [5, 5.41) is 0.451. The van der Waals surface area contributed by atoms with Gasteiger partial charge in [0.15, 0.2) is 0 Å². The summed E-state index contributed by atoms with van der Waals surface area (Å²) in [7, 11) is 0. The van der Waals surface area contributed by atoms with E-state index in [1.807, 2.05) is 12.1 Å². The Kier molecular flexibility index (Phi) is 2.33. The average molecular weight is 206 g/mol. The Morgan fingerprint density at radius 2 is 2.00 bits per heavy atom. The Morgan fingerprint density at radius 1 is 1.14 bits per heavy atom. The van der Waals surface area contributed by atoms with Crippen LogP contribution in [-0.4, -0.2) is 9.97 Å². The highest BCUT2D eigenvalue weighted by Crippen LogP contribution is 2.18. The maximum atomic E-state index is 5.76. The van der Waals surface area contributed by atoms with Crippen LogP contribution in [0.4, 0.5) is 5.69 Å². The standard InChI is InChI=1S/C10H8ClN3/c11-10-3-1-2-8(14-10)9-6-7(12)4-5-13-9/h1-6H,(H2,12,13). The van der Waals surface area contributed by atoms with Crippen LogP contribution in [0.5, 0.6) is 0 Å². The zero-order valence-electron chi connectivity index (χ0n) is 7.31. The van der Waals surface area contributed by atoms with Gasteiger partial charge in [-0.15, -0.1) is 0 Å². The molecular weight excluding hydrogens is 198 g/mol. The van der Waals surface area contributed by atoms with Crippen LogP contribution in [0.15, 0.2) is 36.5 Å². The van der Waals surface area contributed by atoms with E-state index in [9.17, 15) is 0 Å². The predicted octanol–water partition coefficient (Wildman–Crippen LogP) is 2.38. The molecule has 0 radical (unpaired) electrons. The molecule has 2 aromatic rings. The van der Waals surface area contributed by atoms with E-state index in [1.54, 1.807) is 24.4 Å². The summed E-state index contributed by atoms with van der Waals surface area (Å²) >= 11 is 5.76. The van der Waals surface area contributed by atoms with E-state index in [1.165, 1.54) is 0 Å². The third-order valence-electron chi connectivity index (χ3n) is 1.76. The molecule has 0 aliphatic rings. The van der Waals surface area contributed by atoms with Crippen molar-refractivity contribution in [2.45, 2.75) is 0 Å². The van der Waals surface area contributed by atoms with Crippen LogP contribution in [0.1, 0.15) is 0 Å². The molecule has 0 aliphatic heterocycles. The molecule has 0 spiro atoms. The van der Waals surface area contributed by atoms with Crippen molar-refractivity contribution in [1.82, 2.24) is 9.97 Å². The Morgan fingerprint density at radius 3 is 2.71 bits per heavy atom. The second-order valence-corrected chi connectivity index (χ2v) is 3.21. The van der Waals surface area contributed by atoms with Crippen molar-refractivity contribution in [3.8, 4) is 11.4 Å². The van der Waals surface area contributed by atoms with Gasteiger partial charge in [0.25, 0.3) is 0 Å². The number of anilines is 1. The monoisotopic (exact) mass is 205 g/mol. The largest absolute Gasteiger partial charge is 0.399 e. The number of hydrogen-bond donors (Lipinski definition) is 1. The molecule has 0 aromatic carbocycles. The molecule has 0 atom stereocenters. The van der Waals surface area contributed by atoms with Crippen LogP contribution in [-0.2, 0) is 0 Å². The second kappa shape index (κ2) is 3.64. The first kappa shape index (κ1) is 8.97. The van der Waals surface area contributed by atoms with E-state index in [4.69, 9.17) is 17.3 Å². The number of rotatable bonds is 1. The van der Waals surface area contributed by atoms with Gasteiger partial charge in [0, 0.05) is 11.9 Å². The number of nitrogens with two attached hydrogens (primary N) is 1. The van der Waals surface area contributed by atoms with E-state index in [-0.39, 0.29) is 0 Å².